The van der Waals surface area contributed by atoms with E-state index in [-0.39, 0.29) is 0 Å². The molecule has 1 heteroatoms. The Kier molecular flexibility index (Phi) is 20.0. The number of unbranched alkanes of at least 4 members (excludes halogenated alkanes) is 18. The molecule has 1 rings (SSSR count). The van der Waals surface area contributed by atoms with Crippen LogP contribution in [0.3, 0.4) is 0 Å². The van der Waals surface area contributed by atoms with E-state index in [1.807, 2.05) is 18.4 Å². The number of hydrogen-bond acceptors (Lipinski definition) is 1. The van der Waals surface area contributed by atoms with Gasteiger partial charge in [0, 0.05) is 0 Å². The van der Waals surface area contributed by atoms with Crippen molar-refractivity contribution in [2.75, 3.05) is 6.61 Å². The normalized spacial score (nSPS) is 11.4. The third-order valence-corrected chi connectivity index (χ3v) is 6.02. The number of benzene rings is 1. The quantitative estimate of drug-likeness (QED) is 0.135. The summed E-state index contributed by atoms with van der Waals surface area (Å²) in [5, 5.41) is 0. The topological polar surface area (TPSA) is 9.23 Å². The largest absolute Gasteiger partial charge is 0.501 e. The molecule has 0 unspecified atom stereocenters. The Morgan fingerprint density at radius 2 is 0.933 bits per heavy atom. The van der Waals surface area contributed by atoms with Crippen LogP contribution < -0.4 is 0 Å². The van der Waals surface area contributed by atoms with E-state index in [0.29, 0.717) is 0 Å². The Hall–Kier alpha value is -1.24. The van der Waals surface area contributed by atoms with Gasteiger partial charge in [-0.2, -0.15) is 0 Å². The lowest BCUT2D eigenvalue weighted by Gasteiger charge is -2.04. The van der Waals surface area contributed by atoms with E-state index in [4.69, 9.17) is 4.74 Å². The lowest BCUT2D eigenvalue weighted by Crippen LogP contribution is -1.88. The average molecular weight is 415 g/mol. The summed E-state index contributed by atoms with van der Waals surface area (Å²) in [6, 6.07) is 10.3. The second-order valence-electron chi connectivity index (χ2n) is 8.95. The van der Waals surface area contributed by atoms with Crippen LogP contribution in [0, 0.1) is 0 Å². The molecule has 172 valence electrons. The zero-order chi connectivity index (χ0) is 21.4. The van der Waals surface area contributed by atoms with Crippen molar-refractivity contribution in [1.82, 2.24) is 0 Å². The molecule has 0 radical (unpaired) electrons. The third kappa shape index (κ3) is 18.8. The summed E-state index contributed by atoms with van der Waals surface area (Å²) < 4.78 is 5.59. The van der Waals surface area contributed by atoms with Gasteiger partial charge in [0.15, 0.2) is 0 Å². The fraction of sp³-hybridized carbons (Fsp3) is 0.724. The maximum absolute atomic E-state index is 5.59. The van der Waals surface area contributed by atoms with Crippen molar-refractivity contribution in [2.24, 2.45) is 0 Å². The standard InChI is InChI=1S/C29H50O/c1-2-3-4-5-6-7-8-9-10-11-12-13-14-15-16-17-18-19-23-27-30-28-26-29-24-21-20-22-25-29/h20-22,24-26,28H,2-19,23,27H2,1H3. The Balaban J connectivity index is 1.69. The van der Waals surface area contributed by atoms with Crippen molar-refractivity contribution in [3.8, 4) is 0 Å². The Labute approximate surface area is 188 Å². The maximum atomic E-state index is 5.59. The fourth-order valence-electron chi connectivity index (χ4n) is 4.02. The van der Waals surface area contributed by atoms with Gasteiger partial charge in [-0.15, -0.1) is 0 Å². The summed E-state index contributed by atoms with van der Waals surface area (Å²) in [5.74, 6) is 0. The van der Waals surface area contributed by atoms with Gasteiger partial charge in [-0.25, -0.2) is 0 Å². The summed E-state index contributed by atoms with van der Waals surface area (Å²) in [4.78, 5) is 0. The molecule has 0 fully saturated rings. The predicted molar refractivity (Wildman–Crippen MR) is 135 cm³/mol. The van der Waals surface area contributed by atoms with Crippen molar-refractivity contribution in [2.45, 2.75) is 129 Å². The summed E-state index contributed by atoms with van der Waals surface area (Å²) in [6.07, 6.45) is 30.9. The minimum Gasteiger partial charge on any atom is -0.501 e. The van der Waals surface area contributed by atoms with Crippen molar-refractivity contribution in [3.05, 3.63) is 42.2 Å². The van der Waals surface area contributed by atoms with Gasteiger partial charge in [-0.1, -0.05) is 153 Å². The summed E-state index contributed by atoms with van der Waals surface area (Å²) in [7, 11) is 0. The van der Waals surface area contributed by atoms with E-state index in [1.165, 1.54) is 128 Å². The van der Waals surface area contributed by atoms with Crippen molar-refractivity contribution < 1.29 is 4.74 Å². The molecule has 30 heavy (non-hydrogen) atoms. The van der Waals surface area contributed by atoms with E-state index in [9.17, 15) is 0 Å². The van der Waals surface area contributed by atoms with Crippen LogP contribution in [0.15, 0.2) is 36.6 Å². The second-order valence-corrected chi connectivity index (χ2v) is 8.95. The highest BCUT2D eigenvalue weighted by atomic mass is 16.5. The molecule has 0 aliphatic heterocycles. The van der Waals surface area contributed by atoms with Crippen LogP contribution in [0.2, 0.25) is 0 Å². The molecule has 1 aromatic rings. The molecular formula is C29H50O. The minimum absolute atomic E-state index is 0.849. The first-order valence-corrected chi connectivity index (χ1v) is 13.3. The third-order valence-electron chi connectivity index (χ3n) is 6.02. The van der Waals surface area contributed by atoms with Gasteiger partial charge < -0.3 is 4.74 Å². The molecule has 0 saturated heterocycles. The molecule has 0 aromatic heterocycles. The highest BCUT2D eigenvalue weighted by molar-refractivity contribution is 5.47. The second kappa shape index (κ2) is 22.4. The molecule has 0 spiro atoms. The molecule has 0 aliphatic rings. The van der Waals surface area contributed by atoms with E-state index >= 15 is 0 Å². The molecule has 0 aliphatic carbocycles. The first-order valence-electron chi connectivity index (χ1n) is 13.3. The molecule has 1 nitrogen and oxygen atoms in total. The van der Waals surface area contributed by atoms with Crippen LogP contribution in [0.25, 0.3) is 6.08 Å². The fourth-order valence-corrected chi connectivity index (χ4v) is 4.02. The highest BCUT2D eigenvalue weighted by Crippen LogP contribution is 2.14. The predicted octanol–water partition coefficient (Wildman–Crippen LogP) is 10.1. The summed E-state index contributed by atoms with van der Waals surface area (Å²) in [5.41, 5.74) is 1.20. The molecule has 0 atom stereocenters. The zero-order valence-electron chi connectivity index (χ0n) is 20.1. The van der Waals surface area contributed by atoms with Crippen molar-refractivity contribution in [1.29, 1.82) is 0 Å². The van der Waals surface area contributed by atoms with Gasteiger partial charge >= 0.3 is 0 Å². The van der Waals surface area contributed by atoms with Crippen LogP contribution in [0.5, 0.6) is 0 Å². The first kappa shape index (κ1) is 26.8. The molecular weight excluding hydrogens is 364 g/mol. The monoisotopic (exact) mass is 414 g/mol. The Bertz CT molecular complexity index is 465. The number of ether oxygens (including phenoxy) is 1. The Morgan fingerprint density at radius 3 is 1.37 bits per heavy atom. The minimum atomic E-state index is 0.849. The van der Waals surface area contributed by atoms with E-state index in [0.717, 1.165) is 6.61 Å². The SMILES string of the molecule is CCCCCCCCCCCCCCCCCCCCCOC=Cc1ccccc1. The van der Waals surface area contributed by atoms with E-state index in [2.05, 4.69) is 31.2 Å². The highest BCUT2D eigenvalue weighted by Gasteiger charge is 1.95. The van der Waals surface area contributed by atoms with Gasteiger partial charge in [-0.05, 0) is 18.1 Å². The van der Waals surface area contributed by atoms with Gasteiger partial charge in [0.25, 0.3) is 0 Å². The molecule has 0 bridgehead atoms. The Morgan fingerprint density at radius 1 is 0.533 bits per heavy atom. The van der Waals surface area contributed by atoms with Crippen molar-refractivity contribution in [3.63, 3.8) is 0 Å². The smallest absolute Gasteiger partial charge is 0.0873 e. The van der Waals surface area contributed by atoms with Gasteiger partial charge in [0.2, 0.25) is 0 Å². The van der Waals surface area contributed by atoms with E-state index < -0.39 is 0 Å². The van der Waals surface area contributed by atoms with Gasteiger partial charge in [0.05, 0.1) is 12.9 Å². The van der Waals surface area contributed by atoms with Crippen LogP contribution in [-0.4, -0.2) is 6.61 Å². The first-order chi connectivity index (χ1) is 14.9. The number of rotatable bonds is 22. The zero-order valence-corrected chi connectivity index (χ0v) is 20.1. The maximum Gasteiger partial charge on any atom is 0.0873 e. The molecule has 1 aromatic carbocycles. The van der Waals surface area contributed by atoms with Crippen molar-refractivity contribution >= 4 is 6.08 Å². The lowest BCUT2D eigenvalue weighted by atomic mass is 10.0. The van der Waals surface area contributed by atoms with Crippen LogP contribution in [0.4, 0.5) is 0 Å². The van der Waals surface area contributed by atoms with Gasteiger partial charge in [0.1, 0.15) is 0 Å². The lowest BCUT2D eigenvalue weighted by molar-refractivity contribution is 0.243. The summed E-state index contributed by atoms with van der Waals surface area (Å²) in [6.45, 7) is 3.15. The average Bonchev–Trinajstić information content (AvgIpc) is 2.78. The molecule has 0 saturated carbocycles. The van der Waals surface area contributed by atoms with E-state index in [1.54, 1.807) is 0 Å². The molecule has 0 amide bonds. The van der Waals surface area contributed by atoms with Crippen LogP contribution >= 0.6 is 0 Å². The molecule has 0 N–H and O–H groups in total. The summed E-state index contributed by atoms with van der Waals surface area (Å²) >= 11 is 0. The van der Waals surface area contributed by atoms with Gasteiger partial charge in [-0.3, -0.25) is 0 Å². The van der Waals surface area contributed by atoms with Crippen LogP contribution in [-0.2, 0) is 4.74 Å². The molecule has 0 heterocycles. The van der Waals surface area contributed by atoms with Crippen LogP contribution in [0.1, 0.15) is 134 Å². The number of hydrogen-bond donors (Lipinski definition) is 0.